The monoisotopic (exact) mass is 156 g/mol. The third kappa shape index (κ3) is 1.45. The van der Waals surface area contributed by atoms with Gasteiger partial charge in [-0.05, 0) is 13.8 Å². The van der Waals surface area contributed by atoms with Gasteiger partial charge in [0.1, 0.15) is 5.78 Å². The number of carbonyl (C=O) groups excluding carboxylic acids is 1. The van der Waals surface area contributed by atoms with Crippen LogP contribution < -0.4 is 0 Å². The van der Waals surface area contributed by atoms with Crippen molar-refractivity contribution in [1.82, 2.24) is 0 Å². The summed E-state index contributed by atoms with van der Waals surface area (Å²) in [5.74, 6) is 0.322. The molecule has 0 aliphatic heterocycles. The predicted molar refractivity (Wildman–Crippen MR) is 43.4 cm³/mol. The van der Waals surface area contributed by atoms with E-state index in [1.807, 2.05) is 27.7 Å². The van der Waals surface area contributed by atoms with Crippen LogP contribution in [0.1, 0.15) is 34.1 Å². The van der Waals surface area contributed by atoms with Gasteiger partial charge < -0.3 is 4.74 Å². The molecule has 1 atom stereocenters. The largest absolute Gasteiger partial charge is 0.374 e. The summed E-state index contributed by atoms with van der Waals surface area (Å²) in [7, 11) is 0. The number of Topliss-reactive ketones (excluding diaryl/α,β-unsaturated/α-hetero) is 1. The lowest BCUT2D eigenvalue weighted by molar-refractivity contribution is -0.163. The fourth-order valence-corrected chi connectivity index (χ4v) is 1.28. The van der Waals surface area contributed by atoms with Gasteiger partial charge in [-0.25, -0.2) is 0 Å². The lowest BCUT2D eigenvalue weighted by atomic mass is 9.68. The van der Waals surface area contributed by atoms with Crippen LogP contribution in [-0.2, 0) is 9.53 Å². The van der Waals surface area contributed by atoms with Crippen LogP contribution in [0.5, 0.6) is 0 Å². The fraction of sp³-hybridized carbons (Fsp3) is 0.889. The zero-order valence-electron chi connectivity index (χ0n) is 7.68. The van der Waals surface area contributed by atoms with E-state index in [4.69, 9.17) is 4.74 Å². The highest BCUT2D eigenvalue weighted by Crippen LogP contribution is 2.39. The molecule has 0 radical (unpaired) electrons. The second kappa shape index (κ2) is 2.59. The standard InChI is InChI=1S/C9H16O2/c1-6(2)11-8-5-7(10)9(8,3)4/h6,8H,5H2,1-4H3/t8-/m0/s1. The SMILES string of the molecule is CC(C)O[C@H]1CC(=O)C1(C)C. The molecule has 0 bridgehead atoms. The average Bonchev–Trinajstić information content (AvgIpc) is 1.87. The highest BCUT2D eigenvalue weighted by atomic mass is 16.5. The molecule has 1 fully saturated rings. The van der Waals surface area contributed by atoms with E-state index in [-0.39, 0.29) is 17.6 Å². The molecule has 64 valence electrons. The second-order valence-corrected chi connectivity index (χ2v) is 4.02. The van der Waals surface area contributed by atoms with Gasteiger partial charge in [-0.3, -0.25) is 4.79 Å². The molecule has 0 unspecified atom stereocenters. The van der Waals surface area contributed by atoms with E-state index in [1.54, 1.807) is 0 Å². The Hall–Kier alpha value is -0.370. The van der Waals surface area contributed by atoms with Crippen LogP contribution in [0.4, 0.5) is 0 Å². The molecular formula is C9H16O2. The predicted octanol–water partition coefficient (Wildman–Crippen LogP) is 1.78. The number of carbonyl (C=O) groups is 1. The summed E-state index contributed by atoms with van der Waals surface area (Å²) < 4.78 is 5.55. The topological polar surface area (TPSA) is 26.3 Å². The van der Waals surface area contributed by atoms with Gasteiger partial charge >= 0.3 is 0 Å². The number of ketones is 1. The molecule has 0 heterocycles. The van der Waals surface area contributed by atoms with Crippen LogP contribution in [-0.4, -0.2) is 18.0 Å². The minimum atomic E-state index is -0.232. The van der Waals surface area contributed by atoms with Crippen LogP contribution in [0.15, 0.2) is 0 Å². The van der Waals surface area contributed by atoms with Crippen molar-refractivity contribution in [3.63, 3.8) is 0 Å². The lowest BCUT2D eigenvalue weighted by Gasteiger charge is -2.42. The molecule has 2 nitrogen and oxygen atoms in total. The third-order valence-electron chi connectivity index (χ3n) is 2.33. The van der Waals surface area contributed by atoms with Gasteiger partial charge in [0.2, 0.25) is 0 Å². The molecule has 1 rings (SSSR count). The lowest BCUT2D eigenvalue weighted by Crippen LogP contribution is -2.52. The smallest absolute Gasteiger partial charge is 0.143 e. The maximum Gasteiger partial charge on any atom is 0.143 e. The van der Waals surface area contributed by atoms with E-state index in [9.17, 15) is 4.79 Å². The third-order valence-corrected chi connectivity index (χ3v) is 2.33. The highest BCUT2D eigenvalue weighted by Gasteiger charge is 2.48. The van der Waals surface area contributed by atoms with Crippen LogP contribution in [0, 0.1) is 5.41 Å². The Bertz CT molecular complexity index is 170. The van der Waals surface area contributed by atoms with Crippen LogP contribution >= 0.6 is 0 Å². The molecule has 0 amide bonds. The maximum absolute atomic E-state index is 11.1. The van der Waals surface area contributed by atoms with Gasteiger partial charge in [-0.2, -0.15) is 0 Å². The van der Waals surface area contributed by atoms with Gasteiger partial charge in [0.05, 0.1) is 17.6 Å². The second-order valence-electron chi connectivity index (χ2n) is 4.02. The van der Waals surface area contributed by atoms with Crippen molar-refractivity contribution in [1.29, 1.82) is 0 Å². The number of rotatable bonds is 2. The van der Waals surface area contributed by atoms with Crippen LogP contribution in [0.25, 0.3) is 0 Å². The summed E-state index contributed by atoms with van der Waals surface area (Å²) in [6, 6.07) is 0. The average molecular weight is 156 g/mol. The molecular weight excluding hydrogens is 140 g/mol. The van der Waals surface area contributed by atoms with Crippen molar-refractivity contribution < 1.29 is 9.53 Å². The van der Waals surface area contributed by atoms with Gasteiger partial charge in [0.15, 0.2) is 0 Å². The Morgan fingerprint density at radius 3 is 2.36 bits per heavy atom. The Balaban J connectivity index is 2.46. The summed E-state index contributed by atoms with van der Waals surface area (Å²) in [6.45, 7) is 7.90. The maximum atomic E-state index is 11.1. The Morgan fingerprint density at radius 1 is 1.55 bits per heavy atom. The summed E-state index contributed by atoms with van der Waals surface area (Å²) in [5, 5.41) is 0. The minimum absolute atomic E-state index is 0.148. The van der Waals surface area contributed by atoms with Crippen molar-refractivity contribution in [2.75, 3.05) is 0 Å². The summed E-state index contributed by atoms with van der Waals surface area (Å²) in [4.78, 5) is 11.1. The molecule has 0 saturated heterocycles. The zero-order chi connectivity index (χ0) is 8.65. The first-order valence-electron chi connectivity index (χ1n) is 4.13. The van der Waals surface area contributed by atoms with Gasteiger partial charge in [0.25, 0.3) is 0 Å². The Labute approximate surface area is 67.9 Å². The minimum Gasteiger partial charge on any atom is -0.374 e. The molecule has 0 aromatic heterocycles. The molecule has 0 spiro atoms. The Kier molecular flexibility index (Phi) is 2.06. The van der Waals surface area contributed by atoms with E-state index in [0.717, 1.165) is 0 Å². The number of hydrogen-bond donors (Lipinski definition) is 0. The molecule has 1 saturated carbocycles. The van der Waals surface area contributed by atoms with Crippen LogP contribution in [0.3, 0.4) is 0 Å². The molecule has 1 aliphatic carbocycles. The molecule has 1 aliphatic rings. The van der Waals surface area contributed by atoms with Crippen molar-refractivity contribution in [3.05, 3.63) is 0 Å². The van der Waals surface area contributed by atoms with Gasteiger partial charge in [-0.1, -0.05) is 13.8 Å². The fourth-order valence-electron chi connectivity index (χ4n) is 1.28. The number of ether oxygens (including phenoxy) is 1. The summed E-state index contributed by atoms with van der Waals surface area (Å²) >= 11 is 0. The van der Waals surface area contributed by atoms with Gasteiger partial charge in [-0.15, -0.1) is 0 Å². The molecule has 11 heavy (non-hydrogen) atoms. The summed E-state index contributed by atoms with van der Waals surface area (Å²) in [6.07, 6.45) is 0.980. The van der Waals surface area contributed by atoms with Crippen molar-refractivity contribution >= 4 is 5.78 Å². The van der Waals surface area contributed by atoms with Crippen molar-refractivity contribution in [3.8, 4) is 0 Å². The van der Waals surface area contributed by atoms with E-state index in [1.165, 1.54) is 0 Å². The highest BCUT2D eigenvalue weighted by molar-refractivity contribution is 5.91. The van der Waals surface area contributed by atoms with E-state index >= 15 is 0 Å². The quantitative estimate of drug-likeness (QED) is 0.609. The van der Waals surface area contributed by atoms with Gasteiger partial charge in [0, 0.05) is 6.42 Å². The van der Waals surface area contributed by atoms with E-state index < -0.39 is 0 Å². The molecule has 0 N–H and O–H groups in total. The molecule has 2 heteroatoms. The first-order chi connectivity index (χ1) is 4.94. The first kappa shape index (κ1) is 8.72. The van der Waals surface area contributed by atoms with E-state index in [0.29, 0.717) is 12.2 Å². The van der Waals surface area contributed by atoms with Crippen molar-refractivity contribution in [2.45, 2.75) is 46.3 Å². The van der Waals surface area contributed by atoms with Crippen LogP contribution in [0.2, 0.25) is 0 Å². The zero-order valence-corrected chi connectivity index (χ0v) is 7.68. The number of hydrogen-bond acceptors (Lipinski definition) is 2. The first-order valence-corrected chi connectivity index (χ1v) is 4.13. The van der Waals surface area contributed by atoms with Crippen molar-refractivity contribution in [2.24, 2.45) is 5.41 Å². The van der Waals surface area contributed by atoms with E-state index in [2.05, 4.69) is 0 Å². The Morgan fingerprint density at radius 2 is 2.09 bits per heavy atom. The molecule has 0 aromatic carbocycles. The summed E-state index contributed by atoms with van der Waals surface area (Å²) in [5.41, 5.74) is -0.232. The normalized spacial score (nSPS) is 28.8. The molecule has 0 aromatic rings.